The molecular formula is C22H25ClN4O3. The van der Waals surface area contributed by atoms with E-state index in [1.807, 2.05) is 17.0 Å². The Morgan fingerprint density at radius 2 is 1.60 bits per heavy atom. The maximum absolute atomic E-state index is 13.2. The van der Waals surface area contributed by atoms with E-state index in [0.29, 0.717) is 35.2 Å². The summed E-state index contributed by atoms with van der Waals surface area (Å²) >= 11 is 5.97. The molecule has 2 aromatic rings. The highest BCUT2D eigenvalue weighted by Gasteiger charge is 2.25. The number of likely N-dealkylation sites (tertiary alicyclic amines) is 1. The van der Waals surface area contributed by atoms with E-state index in [1.54, 1.807) is 30.3 Å². The molecule has 0 aliphatic carbocycles. The number of hydrogen-bond donors (Lipinski definition) is 2. The fourth-order valence-corrected chi connectivity index (χ4v) is 4.01. The zero-order chi connectivity index (χ0) is 20.9. The SMILES string of the molecule is O=C(Nc1cccc(Cl)c1)Nc1ccc(N2CCOCC2)c(C(=O)N2CCCC2)c1. The molecule has 4 rings (SSSR count). The van der Waals surface area contributed by atoms with Gasteiger partial charge in [-0.05, 0) is 49.2 Å². The Hall–Kier alpha value is -2.77. The second kappa shape index (κ2) is 9.36. The summed E-state index contributed by atoms with van der Waals surface area (Å²) in [5.41, 5.74) is 2.66. The van der Waals surface area contributed by atoms with E-state index >= 15 is 0 Å². The minimum atomic E-state index is -0.393. The number of amides is 3. The smallest absolute Gasteiger partial charge is 0.323 e. The van der Waals surface area contributed by atoms with Gasteiger partial charge in [0.05, 0.1) is 18.8 Å². The Morgan fingerprint density at radius 1 is 0.900 bits per heavy atom. The third-order valence-corrected chi connectivity index (χ3v) is 5.55. The van der Waals surface area contributed by atoms with Crippen LogP contribution in [-0.4, -0.2) is 56.2 Å². The molecule has 2 aliphatic heterocycles. The van der Waals surface area contributed by atoms with Crippen molar-refractivity contribution in [1.82, 2.24) is 4.90 Å². The molecule has 158 valence electrons. The van der Waals surface area contributed by atoms with E-state index in [9.17, 15) is 9.59 Å². The molecule has 7 nitrogen and oxygen atoms in total. The predicted octanol–water partition coefficient (Wildman–Crippen LogP) is 4.06. The van der Waals surface area contributed by atoms with Crippen LogP contribution in [-0.2, 0) is 4.74 Å². The normalized spacial score (nSPS) is 16.4. The van der Waals surface area contributed by atoms with Crippen LogP contribution < -0.4 is 15.5 Å². The van der Waals surface area contributed by atoms with Gasteiger partial charge < -0.3 is 25.2 Å². The van der Waals surface area contributed by atoms with Gasteiger partial charge in [-0.2, -0.15) is 0 Å². The number of rotatable bonds is 4. The number of nitrogens with one attached hydrogen (secondary N) is 2. The molecule has 0 unspecified atom stereocenters. The Balaban J connectivity index is 1.55. The first-order valence-electron chi connectivity index (χ1n) is 10.2. The molecule has 0 radical (unpaired) electrons. The van der Waals surface area contributed by atoms with Gasteiger partial charge in [0.25, 0.3) is 5.91 Å². The molecule has 2 N–H and O–H groups in total. The Kier molecular flexibility index (Phi) is 6.40. The summed E-state index contributed by atoms with van der Waals surface area (Å²) in [5, 5.41) is 6.12. The highest BCUT2D eigenvalue weighted by atomic mass is 35.5. The Morgan fingerprint density at radius 3 is 2.30 bits per heavy atom. The number of ether oxygens (including phenoxy) is 1. The lowest BCUT2D eigenvalue weighted by Gasteiger charge is -2.31. The first kappa shape index (κ1) is 20.5. The molecule has 0 atom stereocenters. The number of hydrogen-bond acceptors (Lipinski definition) is 4. The van der Waals surface area contributed by atoms with Gasteiger partial charge in [-0.15, -0.1) is 0 Å². The number of carbonyl (C=O) groups excluding carboxylic acids is 2. The predicted molar refractivity (Wildman–Crippen MR) is 119 cm³/mol. The summed E-state index contributed by atoms with van der Waals surface area (Å²) in [6.07, 6.45) is 2.05. The standard InChI is InChI=1S/C22H25ClN4O3/c23-16-4-3-5-17(14-16)24-22(29)25-18-6-7-20(26-10-12-30-13-11-26)19(15-18)21(28)27-8-1-2-9-27/h3-7,14-15H,1-2,8-13H2,(H2,24,25,29). The molecule has 30 heavy (non-hydrogen) atoms. The molecule has 8 heteroatoms. The van der Waals surface area contributed by atoms with E-state index in [4.69, 9.17) is 16.3 Å². The van der Waals surface area contributed by atoms with Crippen molar-refractivity contribution in [1.29, 1.82) is 0 Å². The van der Waals surface area contributed by atoms with E-state index in [1.165, 1.54) is 0 Å². The number of benzene rings is 2. The average Bonchev–Trinajstić information content (AvgIpc) is 3.29. The number of nitrogens with zero attached hydrogens (tertiary/aromatic N) is 2. The highest BCUT2D eigenvalue weighted by molar-refractivity contribution is 6.30. The quantitative estimate of drug-likeness (QED) is 0.770. The fraction of sp³-hybridized carbons (Fsp3) is 0.364. The van der Waals surface area contributed by atoms with Crippen LogP contribution in [0.1, 0.15) is 23.2 Å². The lowest BCUT2D eigenvalue weighted by atomic mass is 10.1. The zero-order valence-electron chi connectivity index (χ0n) is 16.7. The van der Waals surface area contributed by atoms with Crippen molar-refractivity contribution in [2.45, 2.75) is 12.8 Å². The maximum Gasteiger partial charge on any atom is 0.323 e. The van der Waals surface area contributed by atoms with Crippen LogP contribution in [0.4, 0.5) is 21.9 Å². The van der Waals surface area contributed by atoms with Crippen molar-refractivity contribution >= 4 is 40.6 Å². The summed E-state index contributed by atoms with van der Waals surface area (Å²) in [6.45, 7) is 4.30. The largest absolute Gasteiger partial charge is 0.378 e. The topological polar surface area (TPSA) is 73.9 Å². The highest BCUT2D eigenvalue weighted by Crippen LogP contribution is 2.28. The first-order chi connectivity index (χ1) is 14.6. The summed E-state index contributed by atoms with van der Waals surface area (Å²) in [7, 11) is 0. The maximum atomic E-state index is 13.2. The van der Waals surface area contributed by atoms with Crippen LogP contribution in [0.2, 0.25) is 5.02 Å². The van der Waals surface area contributed by atoms with Gasteiger partial charge in [-0.25, -0.2) is 4.79 Å². The number of anilines is 3. The monoisotopic (exact) mass is 428 g/mol. The van der Waals surface area contributed by atoms with Crippen molar-refractivity contribution in [3.8, 4) is 0 Å². The van der Waals surface area contributed by atoms with Crippen LogP contribution in [0, 0.1) is 0 Å². The van der Waals surface area contributed by atoms with Crippen molar-refractivity contribution in [3.05, 3.63) is 53.1 Å². The fourth-order valence-electron chi connectivity index (χ4n) is 3.82. The summed E-state index contributed by atoms with van der Waals surface area (Å²) < 4.78 is 5.45. The van der Waals surface area contributed by atoms with E-state index < -0.39 is 6.03 Å². The molecular weight excluding hydrogens is 404 g/mol. The Labute approximate surface area is 180 Å². The third-order valence-electron chi connectivity index (χ3n) is 5.31. The van der Waals surface area contributed by atoms with Gasteiger partial charge in [0.2, 0.25) is 0 Å². The van der Waals surface area contributed by atoms with Gasteiger partial charge in [-0.1, -0.05) is 17.7 Å². The minimum Gasteiger partial charge on any atom is -0.378 e. The molecule has 3 amide bonds. The number of morpholine rings is 1. The van der Waals surface area contributed by atoms with Crippen molar-refractivity contribution < 1.29 is 14.3 Å². The second-order valence-electron chi connectivity index (χ2n) is 7.42. The molecule has 2 aliphatic rings. The number of halogens is 1. The lowest BCUT2D eigenvalue weighted by Crippen LogP contribution is -2.38. The van der Waals surface area contributed by atoms with Crippen molar-refractivity contribution in [2.75, 3.05) is 54.9 Å². The van der Waals surface area contributed by atoms with Crippen molar-refractivity contribution in [3.63, 3.8) is 0 Å². The Bertz CT molecular complexity index is 924. The average molecular weight is 429 g/mol. The molecule has 2 aromatic carbocycles. The summed E-state index contributed by atoms with van der Waals surface area (Å²) in [6, 6.07) is 12.0. The number of urea groups is 1. The molecule has 0 spiro atoms. The first-order valence-corrected chi connectivity index (χ1v) is 10.6. The van der Waals surface area contributed by atoms with Gasteiger partial charge in [-0.3, -0.25) is 4.79 Å². The zero-order valence-corrected chi connectivity index (χ0v) is 17.5. The van der Waals surface area contributed by atoms with E-state index in [2.05, 4.69) is 15.5 Å². The van der Waals surface area contributed by atoms with Crippen LogP contribution in [0.15, 0.2) is 42.5 Å². The summed E-state index contributed by atoms with van der Waals surface area (Å²) in [4.78, 5) is 29.7. The molecule has 0 aromatic heterocycles. The van der Waals surface area contributed by atoms with Crippen LogP contribution in [0.5, 0.6) is 0 Å². The van der Waals surface area contributed by atoms with Crippen LogP contribution in [0.3, 0.4) is 0 Å². The molecule has 0 bridgehead atoms. The van der Waals surface area contributed by atoms with Gasteiger partial charge in [0.15, 0.2) is 0 Å². The van der Waals surface area contributed by atoms with Gasteiger partial charge in [0.1, 0.15) is 0 Å². The second-order valence-corrected chi connectivity index (χ2v) is 7.86. The van der Waals surface area contributed by atoms with E-state index in [0.717, 1.165) is 44.7 Å². The van der Waals surface area contributed by atoms with Gasteiger partial charge in [0, 0.05) is 48.3 Å². The molecule has 2 fully saturated rings. The van der Waals surface area contributed by atoms with Crippen molar-refractivity contribution in [2.24, 2.45) is 0 Å². The molecule has 0 saturated carbocycles. The van der Waals surface area contributed by atoms with Crippen LogP contribution >= 0.6 is 11.6 Å². The minimum absolute atomic E-state index is 0.00731. The molecule has 2 heterocycles. The van der Waals surface area contributed by atoms with Crippen LogP contribution in [0.25, 0.3) is 0 Å². The third kappa shape index (κ3) is 4.86. The lowest BCUT2D eigenvalue weighted by molar-refractivity contribution is 0.0792. The number of carbonyl (C=O) groups is 2. The molecule has 2 saturated heterocycles. The summed E-state index contributed by atoms with van der Waals surface area (Å²) in [5.74, 6) is 0.00731. The van der Waals surface area contributed by atoms with Gasteiger partial charge >= 0.3 is 6.03 Å². The van der Waals surface area contributed by atoms with E-state index in [-0.39, 0.29) is 5.91 Å².